The summed E-state index contributed by atoms with van der Waals surface area (Å²) in [6, 6.07) is 9.40. The van der Waals surface area contributed by atoms with Crippen molar-refractivity contribution in [3.8, 4) is 5.75 Å². The van der Waals surface area contributed by atoms with Gasteiger partial charge in [0.2, 0.25) is 0 Å². The number of methoxy groups -OCH3 is 1. The van der Waals surface area contributed by atoms with Crippen molar-refractivity contribution in [1.82, 2.24) is 10.3 Å². The highest BCUT2D eigenvalue weighted by atomic mass is 16.5. The molecule has 1 heterocycles. The smallest absolute Gasteiger partial charge is 0.253 e. The number of H-pyrrole nitrogens is 1. The van der Waals surface area contributed by atoms with E-state index in [1.807, 2.05) is 31.2 Å². The fraction of sp³-hybridized carbons (Fsp3) is 0.214. The molecule has 0 fully saturated rings. The average Bonchev–Trinajstić information content (AvgIpc) is 2.83. The lowest BCUT2D eigenvalue weighted by atomic mass is 10.2. The van der Waals surface area contributed by atoms with Crippen LogP contribution in [0.1, 0.15) is 21.6 Å². The van der Waals surface area contributed by atoms with Gasteiger partial charge in [0.25, 0.3) is 5.91 Å². The molecule has 2 N–H and O–H groups in total. The molecule has 4 nitrogen and oxygen atoms in total. The summed E-state index contributed by atoms with van der Waals surface area (Å²) in [4.78, 5) is 14.9. The fourth-order valence-corrected chi connectivity index (χ4v) is 1.72. The minimum absolute atomic E-state index is 0.0652. The van der Waals surface area contributed by atoms with Gasteiger partial charge in [0, 0.05) is 18.4 Å². The molecule has 1 amide bonds. The number of nitrogens with one attached hydrogen (secondary N) is 2. The zero-order valence-electron chi connectivity index (χ0n) is 10.5. The summed E-state index contributed by atoms with van der Waals surface area (Å²) in [5, 5.41) is 2.88. The summed E-state index contributed by atoms with van der Waals surface area (Å²) in [5.41, 5.74) is 2.60. The van der Waals surface area contributed by atoms with Gasteiger partial charge in [0.15, 0.2) is 0 Å². The van der Waals surface area contributed by atoms with Crippen molar-refractivity contribution in [1.29, 1.82) is 0 Å². The van der Waals surface area contributed by atoms with E-state index in [2.05, 4.69) is 10.3 Å². The van der Waals surface area contributed by atoms with Crippen LogP contribution in [-0.4, -0.2) is 18.0 Å². The van der Waals surface area contributed by atoms with Gasteiger partial charge in [-0.3, -0.25) is 4.79 Å². The molecular formula is C14H16N2O2. The van der Waals surface area contributed by atoms with Crippen LogP contribution >= 0.6 is 0 Å². The summed E-state index contributed by atoms with van der Waals surface area (Å²) >= 11 is 0. The summed E-state index contributed by atoms with van der Waals surface area (Å²) in [5.74, 6) is 0.746. The number of hydrogen-bond acceptors (Lipinski definition) is 2. The largest absolute Gasteiger partial charge is 0.497 e. The molecule has 0 saturated heterocycles. The van der Waals surface area contributed by atoms with Gasteiger partial charge >= 0.3 is 0 Å². The van der Waals surface area contributed by atoms with E-state index in [0.29, 0.717) is 12.1 Å². The third kappa shape index (κ3) is 2.71. The Hall–Kier alpha value is -2.23. The topological polar surface area (TPSA) is 54.1 Å². The van der Waals surface area contributed by atoms with Gasteiger partial charge in [0.05, 0.1) is 12.7 Å². The highest BCUT2D eigenvalue weighted by molar-refractivity contribution is 5.95. The highest BCUT2D eigenvalue weighted by Crippen LogP contribution is 2.11. The van der Waals surface area contributed by atoms with Crippen molar-refractivity contribution in [2.45, 2.75) is 13.5 Å². The molecule has 94 valence electrons. The van der Waals surface area contributed by atoms with E-state index in [9.17, 15) is 4.79 Å². The van der Waals surface area contributed by atoms with E-state index < -0.39 is 0 Å². The first-order chi connectivity index (χ1) is 8.70. The minimum atomic E-state index is -0.0652. The molecule has 0 spiro atoms. The predicted molar refractivity (Wildman–Crippen MR) is 69.7 cm³/mol. The van der Waals surface area contributed by atoms with Crippen LogP contribution in [0.2, 0.25) is 0 Å². The van der Waals surface area contributed by atoms with Gasteiger partial charge in [-0.2, -0.15) is 0 Å². The molecular weight excluding hydrogens is 228 g/mol. The summed E-state index contributed by atoms with van der Waals surface area (Å²) in [6.07, 6.45) is 1.76. The number of carbonyl (C=O) groups is 1. The Morgan fingerprint density at radius 1 is 1.28 bits per heavy atom. The summed E-state index contributed by atoms with van der Waals surface area (Å²) in [6.45, 7) is 2.38. The molecule has 2 aromatic rings. The lowest BCUT2D eigenvalue weighted by molar-refractivity contribution is 0.0950. The van der Waals surface area contributed by atoms with Crippen LogP contribution in [0.15, 0.2) is 36.5 Å². The fourth-order valence-electron chi connectivity index (χ4n) is 1.72. The lowest BCUT2D eigenvalue weighted by Crippen LogP contribution is -2.23. The number of amides is 1. The first kappa shape index (κ1) is 12.2. The second-order valence-corrected chi connectivity index (χ2v) is 4.05. The first-order valence-electron chi connectivity index (χ1n) is 5.76. The highest BCUT2D eigenvalue weighted by Gasteiger charge is 2.08. The van der Waals surface area contributed by atoms with E-state index in [1.54, 1.807) is 19.4 Å². The molecule has 0 aliphatic rings. The molecule has 0 radical (unpaired) electrons. The molecule has 0 unspecified atom stereocenters. The number of rotatable bonds is 4. The molecule has 0 atom stereocenters. The average molecular weight is 244 g/mol. The second kappa shape index (κ2) is 5.40. The van der Waals surface area contributed by atoms with Crippen LogP contribution in [-0.2, 0) is 6.54 Å². The van der Waals surface area contributed by atoms with Gasteiger partial charge in [-0.1, -0.05) is 12.1 Å². The molecule has 1 aromatic heterocycles. The predicted octanol–water partition coefficient (Wildman–Crippen LogP) is 2.26. The van der Waals surface area contributed by atoms with E-state index in [-0.39, 0.29) is 5.91 Å². The Morgan fingerprint density at radius 2 is 2.00 bits per heavy atom. The van der Waals surface area contributed by atoms with Gasteiger partial charge < -0.3 is 15.0 Å². The number of aromatic amines is 1. The van der Waals surface area contributed by atoms with Gasteiger partial charge in [-0.05, 0) is 30.7 Å². The first-order valence-corrected chi connectivity index (χ1v) is 5.76. The Morgan fingerprint density at radius 3 is 2.56 bits per heavy atom. The zero-order valence-corrected chi connectivity index (χ0v) is 10.5. The molecule has 0 bridgehead atoms. The minimum Gasteiger partial charge on any atom is -0.497 e. The van der Waals surface area contributed by atoms with Crippen molar-refractivity contribution in [2.75, 3.05) is 7.11 Å². The van der Waals surface area contributed by atoms with E-state index in [0.717, 1.165) is 17.0 Å². The quantitative estimate of drug-likeness (QED) is 0.866. The number of aromatic nitrogens is 1. The molecule has 0 aliphatic carbocycles. The summed E-state index contributed by atoms with van der Waals surface area (Å²) in [7, 11) is 1.63. The third-order valence-corrected chi connectivity index (χ3v) is 2.81. The standard InChI is InChI=1S/C14H16N2O2/c1-10-13(7-8-15-10)14(17)16-9-11-3-5-12(18-2)6-4-11/h3-8,15H,9H2,1-2H3,(H,16,17). The van der Waals surface area contributed by atoms with Crippen molar-refractivity contribution >= 4 is 5.91 Å². The monoisotopic (exact) mass is 244 g/mol. The second-order valence-electron chi connectivity index (χ2n) is 4.05. The van der Waals surface area contributed by atoms with Crippen LogP contribution in [0.25, 0.3) is 0 Å². The van der Waals surface area contributed by atoms with Crippen LogP contribution in [0.3, 0.4) is 0 Å². The van der Waals surface area contributed by atoms with Crippen LogP contribution in [0.5, 0.6) is 5.75 Å². The van der Waals surface area contributed by atoms with Crippen molar-refractivity contribution in [2.24, 2.45) is 0 Å². The molecule has 0 aliphatic heterocycles. The summed E-state index contributed by atoms with van der Waals surface area (Å²) < 4.78 is 5.08. The third-order valence-electron chi connectivity index (χ3n) is 2.81. The van der Waals surface area contributed by atoms with E-state index in [1.165, 1.54) is 0 Å². The number of hydrogen-bond donors (Lipinski definition) is 2. The molecule has 18 heavy (non-hydrogen) atoms. The van der Waals surface area contributed by atoms with Crippen molar-refractivity contribution < 1.29 is 9.53 Å². The maximum Gasteiger partial charge on any atom is 0.253 e. The molecule has 0 saturated carbocycles. The van der Waals surface area contributed by atoms with Crippen LogP contribution in [0, 0.1) is 6.92 Å². The van der Waals surface area contributed by atoms with Gasteiger partial charge in [0.1, 0.15) is 5.75 Å². The number of carbonyl (C=O) groups excluding carboxylic acids is 1. The maximum absolute atomic E-state index is 11.9. The SMILES string of the molecule is COc1ccc(CNC(=O)c2cc[nH]c2C)cc1. The van der Waals surface area contributed by atoms with E-state index >= 15 is 0 Å². The van der Waals surface area contributed by atoms with Crippen LogP contribution < -0.4 is 10.1 Å². The maximum atomic E-state index is 11.9. The van der Waals surface area contributed by atoms with Crippen molar-refractivity contribution in [3.63, 3.8) is 0 Å². The normalized spacial score (nSPS) is 10.1. The molecule has 1 aromatic carbocycles. The number of benzene rings is 1. The molecule has 2 rings (SSSR count). The number of ether oxygens (including phenoxy) is 1. The lowest BCUT2D eigenvalue weighted by Gasteiger charge is -2.06. The van der Waals surface area contributed by atoms with Crippen LogP contribution in [0.4, 0.5) is 0 Å². The number of aryl methyl sites for hydroxylation is 1. The Labute approximate surface area is 106 Å². The zero-order chi connectivity index (χ0) is 13.0. The van der Waals surface area contributed by atoms with Gasteiger partial charge in [-0.15, -0.1) is 0 Å². The van der Waals surface area contributed by atoms with E-state index in [4.69, 9.17) is 4.74 Å². The Kier molecular flexibility index (Phi) is 3.67. The van der Waals surface area contributed by atoms with Gasteiger partial charge in [-0.25, -0.2) is 0 Å². The Balaban J connectivity index is 1.95. The Bertz CT molecular complexity index is 529. The molecule has 4 heteroatoms. The van der Waals surface area contributed by atoms with Crippen molar-refractivity contribution in [3.05, 3.63) is 53.3 Å².